The maximum Gasteiger partial charge on any atom is 0.141 e. The smallest absolute Gasteiger partial charge is 0.141 e. The van der Waals surface area contributed by atoms with Crippen molar-refractivity contribution in [1.29, 1.82) is 0 Å². The number of halogens is 1. The number of phenolic OH excluding ortho intramolecular Hbond substituents is 1. The highest BCUT2D eigenvalue weighted by atomic mass is 79.9. The van der Waals surface area contributed by atoms with Crippen molar-refractivity contribution in [1.82, 2.24) is 4.98 Å². The molecule has 0 fully saturated rings. The van der Waals surface area contributed by atoms with E-state index in [1.165, 1.54) is 0 Å². The van der Waals surface area contributed by atoms with Gasteiger partial charge in [0, 0.05) is 16.1 Å². The molecule has 1 N–H and O–H groups in total. The van der Waals surface area contributed by atoms with E-state index in [0.29, 0.717) is 5.52 Å². The maximum absolute atomic E-state index is 9.41. The Kier molecular flexibility index (Phi) is 1.73. The van der Waals surface area contributed by atoms with Gasteiger partial charge >= 0.3 is 0 Å². The van der Waals surface area contributed by atoms with Crippen molar-refractivity contribution < 1.29 is 5.11 Å². The fourth-order valence-electron chi connectivity index (χ4n) is 1.12. The minimum atomic E-state index is 0.216. The lowest BCUT2D eigenvalue weighted by Gasteiger charge is -2.00. The summed E-state index contributed by atoms with van der Waals surface area (Å²) >= 11 is 3.38. The van der Waals surface area contributed by atoms with E-state index in [2.05, 4.69) is 20.9 Å². The van der Waals surface area contributed by atoms with E-state index in [-0.39, 0.29) is 5.75 Å². The summed E-state index contributed by atoms with van der Waals surface area (Å²) in [7, 11) is 0. The van der Waals surface area contributed by atoms with Crippen LogP contribution in [0.5, 0.6) is 5.75 Å². The monoisotopic (exact) mass is 223 g/mol. The van der Waals surface area contributed by atoms with E-state index in [9.17, 15) is 5.11 Å². The SMILES string of the molecule is Oc1ccc(Br)c2cccnc12. The summed E-state index contributed by atoms with van der Waals surface area (Å²) in [5, 5.41) is 10.3. The summed E-state index contributed by atoms with van der Waals surface area (Å²) < 4.78 is 0.948. The third-order valence-corrected chi connectivity index (χ3v) is 2.39. The molecule has 0 amide bonds. The number of fused-ring (bicyclic) bond motifs is 1. The average Bonchev–Trinajstić information content (AvgIpc) is 2.12. The number of rotatable bonds is 0. The molecule has 12 heavy (non-hydrogen) atoms. The van der Waals surface area contributed by atoms with E-state index >= 15 is 0 Å². The van der Waals surface area contributed by atoms with Gasteiger partial charge in [-0.15, -0.1) is 0 Å². The summed E-state index contributed by atoms with van der Waals surface area (Å²) in [6.07, 6.45) is 1.66. The molecular weight excluding hydrogens is 218 g/mol. The Labute approximate surface area is 78.0 Å². The average molecular weight is 224 g/mol. The van der Waals surface area contributed by atoms with Crippen LogP contribution in [0, 0.1) is 0 Å². The fourth-order valence-corrected chi connectivity index (χ4v) is 1.58. The molecular formula is C9H6BrNO. The largest absolute Gasteiger partial charge is 0.506 e. The van der Waals surface area contributed by atoms with Gasteiger partial charge in [-0.1, -0.05) is 22.0 Å². The Bertz CT molecular complexity index is 387. The second kappa shape index (κ2) is 2.75. The van der Waals surface area contributed by atoms with Crippen molar-refractivity contribution in [3.05, 3.63) is 34.9 Å². The van der Waals surface area contributed by atoms with Crippen LogP contribution in [0.1, 0.15) is 0 Å². The molecule has 1 heterocycles. The first-order valence-corrected chi connectivity index (χ1v) is 4.30. The Morgan fingerprint density at radius 1 is 1.25 bits per heavy atom. The zero-order valence-electron chi connectivity index (χ0n) is 6.16. The molecule has 0 unspecified atom stereocenters. The molecule has 0 aliphatic rings. The first kappa shape index (κ1) is 7.55. The molecule has 0 bridgehead atoms. The lowest BCUT2D eigenvalue weighted by molar-refractivity contribution is 0.480. The van der Waals surface area contributed by atoms with E-state index in [0.717, 1.165) is 9.86 Å². The van der Waals surface area contributed by atoms with Crippen LogP contribution < -0.4 is 0 Å². The highest BCUT2D eigenvalue weighted by Crippen LogP contribution is 2.28. The van der Waals surface area contributed by atoms with Crippen LogP contribution in [0.25, 0.3) is 10.9 Å². The van der Waals surface area contributed by atoms with Gasteiger partial charge in [0.05, 0.1) is 0 Å². The van der Waals surface area contributed by atoms with Crippen LogP contribution in [0.15, 0.2) is 34.9 Å². The van der Waals surface area contributed by atoms with E-state index in [1.54, 1.807) is 18.3 Å². The number of benzene rings is 1. The molecule has 2 aromatic rings. The molecule has 2 nitrogen and oxygen atoms in total. The molecule has 0 saturated carbocycles. The number of aromatic nitrogens is 1. The molecule has 1 aromatic heterocycles. The molecule has 0 aliphatic carbocycles. The van der Waals surface area contributed by atoms with E-state index < -0.39 is 0 Å². The minimum absolute atomic E-state index is 0.216. The Balaban J connectivity index is 2.95. The first-order chi connectivity index (χ1) is 5.79. The number of hydrogen-bond donors (Lipinski definition) is 1. The first-order valence-electron chi connectivity index (χ1n) is 3.51. The second-order valence-corrected chi connectivity index (χ2v) is 3.32. The van der Waals surface area contributed by atoms with Crippen molar-refractivity contribution >= 4 is 26.8 Å². The van der Waals surface area contributed by atoms with Crippen LogP contribution in [0.3, 0.4) is 0 Å². The molecule has 1 aromatic carbocycles. The minimum Gasteiger partial charge on any atom is -0.506 e. The van der Waals surface area contributed by atoms with Crippen LogP contribution in [0.2, 0.25) is 0 Å². The predicted molar refractivity (Wildman–Crippen MR) is 51.1 cm³/mol. The summed E-state index contributed by atoms with van der Waals surface area (Å²) in [6, 6.07) is 7.18. The number of pyridine rings is 1. The number of hydrogen-bond acceptors (Lipinski definition) is 2. The van der Waals surface area contributed by atoms with Gasteiger partial charge < -0.3 is 5.11 Å². The second-order valence-electron chi connectivity index (χ2n) is 2.47. The standard InChI is InChI=1S/C9H6BrNO/c10-7-3-4-8(12)9-6(7)2-1-5-11-9/h1-5,12H. The molecule has 0 spiro atoms. The van der Waals surface area contributed by atoms with Gasteiger partial charge in [-0.05, 0) is 18.2 Å². The highest BCUT2D eigenvalue weighted by molar-refractivity contribution is 9.10. The van der Waals surface area contributed by atoms with E-state index in [1.807, 2.05) is 12.1 Å². The third kappa shape index (κ3) is 1.06. The van der Waals surface area contributed by atoms with Gasteiger partial charge in [-0.25, -0.2) is 0 Å². The number of aromatic hydroxyl groups is 1. The summed E-state index contributed by atoms with van der Waals surface area (Å²) in [4.78, 5) is 4.06. The lowest BCUT2D eigenvalue weighted by atomic mass is 10.2. The van der Waals surface area contributed by atoms with Gasteiger partial charge in [0.2, 0.25) is 0 Å². The number of nitrogens with zero attached hydrogens (tertiary/aromatic N) is 1. The molecule has 0 atom stereocenters. The summed E-state index contributed by atoms with van der Waals surface area (Å²) in [5.74, 6) is 0.216. The quantitative estimate of drug-likeness (QED) is 0.746. The van der Waals surface area contributed by atoms with Crippen molar-refractivity contribution in [2.75, 3.05) is 0 Å². The molecule has 0 saturated heterocycles. The highest BCUT2D eigenvalue weighted by Gasteiger charge is 2.02. The van der Waals surface area contributed by atoms with Crippen LogP contribution in [-0.4, -0.2) is 10.1 Å². The van der Waals surface area contributed by atoms with Gasteiger partial charge in [-0.2, -0.15) is 0 Å². The third-order valence-electron chi connectivity index (χ3n) is 1.70. The molecule has 2 rings (SSSR count). The van der Waals surface area contributed by atoms with Crippen molar-refractivity contribution in [3.8, 4) is 5.75 Å². The van der Waals surface area contributed by atoms with Gasteiger partial charge in [0.1, 0.15) is 11.3 Å². The van der Waals surface area contributed by atoms with Gasteiger partial charge in [-0.3, -0.25) is 4.98 Å². The Morgan fingerprint density at radius 2 is 2.08 bits per heavy atom. The Morgan fingerprint density at radius 3 is 2.83 bits per heavy atom. The molecule has 3 heteroatoms. The number of phenols is 1. The zero-order valence-corrected chi connectivity index (χ0v) is 7.75. The predicted octanol–water partition coefficient (Wildman–Crippen LogP) is 2.70. The molecule has 60 valence electrons. The van der Waals surface area contributed by atoms with Gasteiger partial charge in [0.15, 0.2) is 0 Å². The fraction of sp³-hybridized carbons (Fsp3) is 0. The van der Waals surface area contributed by atoms with E-state index in [4.69, 9.17) is 0 Å². The summed E-state index contributed by atoms with van der Waals surface area (Å²) in [5.41, 5.74) is 0.631. The molecule has 0 aliphatic heterocycles. The van der Waals surface area contributed by atoms with Crippen LogP contribution in [0.4, 0.5) is 0 Å². The molecule has 0 radical (unpaired) electrons. The Hall–Kier alpha value is -1.09. The van der Waals surface area contributed by atoms with Crippen LogP contribution >= 0.6 is 15.9 Å². The topological polar surface area (TPSA) is 33.1 Å². The maximum atomic E-state index is 9.41. The van der Waals surface area contributed by atoms with Gasteiger partial charge in [0.25, 0.3) is 0 Å². The summed E-state index contributed by atoms with van der Waals surface area (Å²) in [6.45, 7) is 0. The lowest BCUT2D eigenvalue weighted by Crippen LogP contribution is -1.79. The van der Waals surface area contributed by atoms with Crippen molar-refractivity contribution in [2.24, 2.45) is 0 Å². The van der Waals surface area contributed by atoms with Crippen molar-refractivity contribution in [2.45, 2.75) is 0 Å². The zero-order chi connectivity index (χ0) is 8.55. The van der Waals surface area contributed by atoms with Crippen molar-refractivity contribution in [3.63, 3.8) is 0 Å². The van der Waals surface area contributed by atoms with Crippen LogP contribution in [-0.2, 0) is 0 Å². The normalized spacial score (nSPS) is 10.4.